The van der Waals surface area contributed by atoms with E-state index in [2.05, 4.69) is 4.98 Å². The highest BCUT2D eigenvalue weighted by molar-refractivity contribution is 6.40. The topological polar surface area (TPSA) is 131 Å². The Labute approximate surface area is 133 Å². The molecule has 1 fully saturated rings. The number of hydrogen-bond acceptors (Lipinski definition) is 6. The summed E-state index contributed by atoms with van der Waals surface area (Å²) in [6.07, 6.45) is 4.06. The van der Waals surface area contributed by atoms with Crippen molar-refractivity contribution in [3.63, 3.8) is 0 Å². The van der Waals surface area contributed by atoms with Crippen LogP contribution in [0.5, 0.6) is 0 Å². The smallest absolute Gasteiger partial charge is 0.451 e. The van der Waals surface area contributed by atoms with Crippen LogP contribution in [0.4, 0.5) is 5.69 Å². The summed E-state index contributed by atoms with van der Waals surface area (Å²) in [6, 6.07) is 1.48. The fourth-order valence-electron chi connectivity index (χ4n) is 2.93. The van der Waals surface area contributed by atoms with E-state index in [1.54, 1.807) is 0 Å². The molecular formula is C14H19BN2O6. The summed E-state index contributed by atoms with van der Waals surface area (Å²) in [7, 11) is -1.38. The average Bonchev–Trinajstić information content (AvgIpc) is 2.91. The first-order valence-corrected chi connectivity index (χ1v) is 7.40. The van der Waals surface area contributed by atoms with E-state index in [1.807, 2.05) is 4.90 Å². The molecule has 2 heterocycles. The third-order valence-corrected chi connectivity index (χ3v) is 4.13. The van der Waals surface area contributed by atoms with E-state index in [0.29, 0.717) is 25.1 Å². The van der Waals surface area contributed by atoms with Gasteiger partial charge in [0.25, 0.3) is 0 Å². The lowest BCUT2D eigenvalue weighted by Crippen LogP contribution is -2.23. The van der Waals surface area contributed by atoms with Crippen LogP contribution in [0.15, 0.2) is 18.5 Å². The molecule has 0 aliphatic carbocycles. The highest BCUT2D eigenvalue weighted by Crippen LogP contribution is 2.32. The number of aromatic carboxylic acids is 1. The average molecular weight is 322 g/mol. The highest BCUT2D eigenvalue weighted by atomic mass is 16.4. The molecule has 9 heteroatoms. The van der Waals surface area contributed by atoms with Gasteiger partial charge in [-0.3, -0.25) is 9.78 Å². The number of nitrogens with zero attached hydrogens (tertiary/aromatic N) is 2. The van der Waals surface area contributed by atoms with Crippen molar-refractivity contribution in [3.8, 4) is 0 Å². The molecule has 0 aromatic carbocycles. The normalized spacial score (nSPS) is 20.5. The zero-order valence-corrected chi connectivity index (χ0v) is 12.5. The molecule has 1 aliphatic rings. The Morgan fingerprint density at radius 3 is 2.61 bits per heavy atom. The maximum absolute atomic E-state index is 11.4. The van der Waals surface area contributed by atoms with E-state index >= 15 is 0 Å². The molecule has 1 saturated heterocycles. The fraction of sp³-hybridized carbons (Fsp3) is 0.500. The van der Waals surface area contributed by atoms with Gasteiger partial charge < -0.3 is 25.2 Å². The van der Waals surface area contributed by atoms with Crippen molar-refractivity contribution in [2.45, 2.75) is 19.2 Å². The molecule has 1 aromatic rings. The van der Waals surface area contributed by atoms with Crippen LogP contribution in [0.2, 0.25) is 6.32 Å². The van der Waals surface area contributed by atoms with Gasteiger partial charge in [-0.2, -0.15) is 0 Å². The second kappa shape index (κ2) is 7.43. The van der Waals surface area contributed by atoms with Gasteiger partial charge in [-0.1, -0.05) is 6.42 Å². The van der Waals surface area contributed by atoms with E-state index in [-0.39, 0.29) is 24.3 Å². The Morgan fingerprint density at radius 2 is 2.00 bits per heavy atom. The second-order valence-corrected chi connectivity index (χ2v) is 5.76. The van der Waals surface area contributed by atoms with Gasteiger partial charge in [-0.25, -0.2) is 4.79 Å². The predicted octanol–water partition coefficient (Wildman–Crippen LogP) is 0.170. The first kappa shape index (κ1) is 17.2. The molecule has 0 radical (unpaired) electrons. The standard InChI is InChI=1S/C14H19BN2O6/c18-13(19)10-4-11(6-16-5-10)17-7-9(2-1-3-15(22)23)12(8-17)14(20)21/h4-6,9,12,22-23H,1-3,7-8H2,(H,18,19)(H,20,21)/t9-,12?/m0/s1. The molecule has 4 N–H and O–H groups in total. The van der Waals surface area contributed by atoms with Gasteiger partial charge in [-0.05, 0) is 24.7 Å². The van der Waals surface area contributed by atoms with Crippen LogP contribution in [-0.2, 0) is 4.79 Å². The molecular weight excluding hydrogens is 303 g/mol. The monoisotopic (exact) mass is 322 g/mol. The summed E-state index contributed by atoms with van der Waals surface area (Å²) >= 11 is 0. The number of pyridine rings is 1. The van der Waals surface area contributed by atoms with Crippen molar-refractivity contribution < 1.29 is 29.9 Å². The Morgan fingerprint density at radius 1 is 1.26 bits per heavy atom. The fourth-order valence-corrected chi connectivity index (χ4v) is 2.93. The summed E-state index contributed by atoms with van der Waals surface area (Å²) in [6.45, 7) is 0.760. The molecule has 1 aromatic heterocycles. The van der Waals surface area contributed by atoms with Crippen LogP contribution in [0.3, 0.4) is 0 Å². The number of aliphatic carboxylic acids is 1. The Bertz CT molecular complexity index is 582. The van der Waals surface area contributed by atoms with Crippen molar-refractivity contribution >= 4 is 24.7 Å². The van der Waals surface area contributed by atoms with E-state index in [4.69, 9.17) is 15.2 Å². The third-order valence-electron chi connectivity index (χ3n) is 4.13. The van der Waals surface area contributed by atoms with Crippen LogP contribution >= 0.6 is 0 Å². The van der Waals surface area contributed by atoms with Crippen LogP contribution in [0.25, 0.3) is 0 Å². The summed E-state index contributed by atoms with van der Waals surface area (Å²) in [5.74, 6) is -2.68. The Balaban J connectivity index is 2.08. The van der Waals surface area contributed by atoms with Gasteiger partial charge in [-0.15, -0.1) is 0 Å². The number of carbonyl (C=O) groups is 2. The van der Waals surface area contributed by atoms with E-state index in [0.717, 1.165) is 0 Å². The molecule has 2 rings (SSSR count). The van der Waals surface area contributed by atoms with Crippen LogP contribution in [-0.4, -0.2) is 57.4 Å². The van der Waals surface area contributed by atoms with E-state index < -0.39 is 25.0 Å². The van der Waals surface area contributed by atoms with Crippen LogP contribution < -0.4 is 4.90 Å². The summed E-state index contributed by atoms with van der Waals surface area (Å²) in [5.41, 5.74) is 0.641. The van der Waals surface area contributed by atoms with Gasteiger partial charge in [0.05, 0.1) is 23.4 Å². The lowest BCUT2D eigenvalue weighted by Gasteiger charge is -2.18. The summed E-state index contributed by atoms with van der Waals surface area (Å²) in [5, 5.41) is 36.1. The third kappa shape index (κ3) is 4.43. The van der Waals surface area contributed by atoms with Crippen LogP contribution in [0.1, 0.15) is 23.2 Å². The molecule has 2 atom stereocenters. The van der Waals surface area contributed by atoms with Crippen molar-refractivity contribution in [2.24, 2.45) is 11.8 Å². The number of carboxylic acid groups (broad SMARTS) is 2. The summed E-state index contributed by atoms with van der Waals surface area (Å²) < 4.78 is 0. The lowest BCUT2D eigenvalue weighted by molar-refractivity contribution is -0.142. The van der Waals surface area contributed by atoms with E-state index in [1.165, 1.54) is 18.5 Å². The SMILES string of the molecule is O=C(O)c1cncc(N2CC(C(=O)O)[C@@H](CCCB(O)O)C2)c1. The quantitative estimate of drug-likeness (QED) is 0.523. The molecule has 23 heavy (non-hydrogen) atoms. The van der Waals surface area contributed by atoms with Crippen molar-refractivity contribution in [3.05, 3.63) is 24.0 Å². The first-order chi connectivity index (χ1) is 10.9. The van der Waals surface area contributed by atoms with E-state index in [9.17, 15) is 14.7 Å². The molecule has 0 bridgehead atoms. The minimum atomic E-state index is -1.38. The van der Waals surface area contributed by atoms with Gasteiger partial charge in [0, 0.05) is 19.3 Å². The maximum Gasteiger partial charge on any atom is 0.451 e. The number of hydrogen-bond donors (Lipinski definition) is 4. The largest absolute Gasteiger partial charge is 0.481 e. The molecule has 0 spiro atoms. The number of anilines is 1. The first-order valence-electron chi connectivity index (χ1n) is 7.40. The number of carboxylic acids is 2. The minimum Gasteiger partial charge on any atom is -0.481 e. The highest BCUT2D eigenvalue weighted by Gasteiger charge is 2.37. The second-order valence-electron chi connectivity index (χ2n) is 5.76. The molecule has 1 unspecified atom stereocenters. The van der Waals surface area contributed by atoms with Crippen LogP contribution in [0, 0.1) is 11.8 Å². The van der Waals surface area contributed by atoms with Gasteiger partial charge in [0.15, 0.2) is 0 Å². The van der Waals surface area contributed by atoms with Gasteiger partial charge in [0.1, 0.15) is 0 Å². The number of aromatic nitrogens is 1. The Hall–Kier alpha value is -2.13. The maximum atomic E-state index is 11.4. The van der Waals surface area contributed by atoms with Crippen molar-refractivity contribution in [1.82, 2.24) is 4.98 Å². The molecule has 0 saturated carbocycles. The number of rotatable bonds is 7. The Kier molecular flexibility index (Phi) is 5.57. The zero-order chi connectivity index (χ0) is 17.0. The summed E-state index contributed by atoms with van der Waals surface area (Å²) in [4.78, 5) is 28.1. The molecule has 8 nitrogen and oxygen atoms in total. The zero-order valence-electron chi connectivity index (χ0n) is 12.5. The molecule has 0 amide bonds. The van der Waals surface area contributed by atoms with Crippen molar-refractivity contribution in [1.29, 1.82) is 0 Å². The molecule has 124 valence electrons. The van der Waals surface area contributed by atoms with Crippen molar-refractivity contribution in [2.75, 3.05) is 18.0 Å². The predicted molar refractivity (Wildman–Crippen MR) is 82.3 cm³/mol. The lowest BCUT2D eigenvalue weighted by atomic mass is 9.80. The van der Waals surface area contributed by atoms with Gasteiger partial charge >= 0.3 is 19.1 Å². The minimum absolute atomic E-state index is 0.0567. The molecule has 1 aliphatic heterocycles. The van der Waals surface area contributed by atoms with Gasteiger partial charge in [0.2, 0.25) is 0 Å².